The first-order valence-electron chi connectivity index (χ1n) is 12.1. The molecule has 0 amide bonds. The number of halogens is 3. The van der Waals surface area contributed by atoms with E-state index in [1.807, 2.05) is 25.2 Å². The lowest BCUT2D eigenvalue weighted by molar-refractivity contribution is -0.203. The minimum atomic E-state index is -5.10. The number of aryl methyl sites for hydroxylation is 1. The first-order valence-corrected chi connectivity index (χ1v) is 13.8. The number of aliphatic hydroxyl groups is 3. The molecule has 2 heterocycles. The third-order valence-electron chi connectivity index (χ3n) is 6.70. The van der Waals surface area contributed by atoms with Gasteiger partial charge in [0.2, 0.25) is 0 Å². The van der Waals surface area contributed by atoms with Crippen LogP contribution in [0.4, 0.5) is 13.2 Å². The van der Waals surface area contributed by atoms with Crippen molar-refractivity contribution in [2.24, 2.45) is 0 Å². The van der Waals surface area contributed by atoms with Crippen molar-refractivity contribution in [3.63, 3.8) is 0 Å². The molecule has 0 saturated carbocycles. The molecule has 2 unspecified atom stereocenters. The lowest BCUT2D eigenvalue weighted by atomic mass is 9.80. The molecule has 0 aromatic heterocycles. The quantitative estimate of drug-likeness (QED) is 0.466. The van der Waals surface area contributed by atoms with Gasteiger partial charge in [-0.3, -0.25) is 0 Å². The molecule has 3 N–H and O–H groups in total. The molecule has 1 saturated heterocycles. The second kappa shape index (κ2) is 11.2. The summed E-state index contributed by atoms with van der Waals surface area (Å²) in [6, 6.07) is 4.94. The fraction of sp³-hybridized carbons (Fsp3) is 0.462. The monoisotopic (exact) mass is 558 g/mol. The van der Waals surface area contributed by atoms with Gasteiger partial charge in [0, 0.05) is 0 Å². The number of sulfone groups is 1. The summed E-state index contributed by atoms with van der Waals surface area (Å²) in [5, 5.41) is 31.3. The topological polar surface area (TPSA) is 123 Å². The lowest BCUT2D eigenvalue weighted by Crippen LogP contribution is -2.57. The van der Waals surface area contributed by atoms with Crippen LogP contribution in [-0.2, 0) is 30.5 Å². The average Bonchev–Trinajstić information content (AvgIpc) is 2.87. The summed E-state index contributed by atoms with van der Waals surface area (Å²) in [7, 11) is -5.10. The van der Waals surface area contributed by atoms with Crippen LogP contribution in [0.1, 0.15) is 48.5 Å². The number of hydrogen-bond donors (Lipinski definition) is 3. The zero-order valence-electron chi connectivity index (χ0n) is 20.4. The maximum absolute atomic E-state index is 12.9. The van der Waals surface area contributed by atoms with Crippen molar-refractivity contribution >= 4 is 9.84 Å². The van der Waals surface area contributed by atoms with E-state index in [2.05, 4.69) is 0 Å². The Hall–Kier alpha value is -2.64. The number of hydrogen-bond acceptors (Lipinski definition) is 8. The number of benzene rings is 1. The van der Waals surface area contributed by atoms with Crippen LogP contribution in [0.25, 0.3) is 0 Å². The van der Waals surface area contributed by atoms with E-state index >= 15 is 0 Å². The highest BCUT2D eigenvalue weighted by atomic mass is 32.2. The highest BCUT2D eigenvalue weighted by molar-refractivity contribution is 7.92. The second-order valence-corrected chi connectivity index (χ2v) is 11.4. The number of alkyl halides is 3. The molecule has 6 atom stereocenters. The normalized spacial score (nSPS) is 28.7. The molecular formula is C26H29F3O8S. The van der Waals surface area contributed by atoms with Crippen LogP contribution in [0.3, 0.4) is 0 Å². The maximum Gasteiger partial charge on any atom is 0.402 e. The predicted octanol–water partition coefficient (Wildman–Crippen LogP) is 3.43. The summed E-state index contributed by atoms with van der Waals surface area (Å²) in [5.74, 6) is -2.20. The van der Waals surface area contributed by atoms with Crippen molar-refractivity contribution in [3.05, 3.63) is 83.2 Å². The first kappa shape index (κ1) is 28.4. The van der Waals surface area contributed by atoms with Crippen LogP contribution in [0.15, 0.2) is 66.5 Å². The molecule has 1 aromatic carbocycles. The van der Waals surface area contributed by atoms with Crippen LogP contribution in [-0.4, -0.2) is 59.4 Å². The summed E-state index contributed by atoms with van der Waals surface area (Å²) < 4.78 is 80.3. The van der Waals surface area contributed by atoms with Crippen molar-refractivity contribution < 1.29 is 51.1 Å². The lowest BCUT2D eigenvalue weighted by Gasteiger charge is -2.40. The highest BCUT2D eigenvalue weighted by Gasteiger charge is 2.52. The number of rotatable bonds is 7. The van der Waals surface area contributed by atoms with Crippen molar-refractivity contribution in [2.75, 3.05) is 5.75 Å². The minimum Gasteiger partial charge on any atom is -0.466 e. The smallest absolute Gasteiger partial charge is 0.402 e. The molecule has 0 bridgehead atoms. The molecule has 1 aliphatic carbocycles. The van der Waals surface area contributed by atoms with Crippen LogP contribution in [0.5, 0.6) is 0 Å². The van der Waals surface area contributed by atoms with Gasteiger partial charge in [0.25, 0.3) is 0 Å². The molecule has 0 radical (unpaired) electrons. The zero-order chi connectivity index (χ0) is 27.7. The van der Waals surface area contributed by atoms with Gasteiger partial charge in [-0.1, -0.05) is 48.9 Å². The summed E-state index contributed by atoms with van der Waals surface area (Å²) in [6.45, 7) is 1.93. The van der Waals surface area contributed by atoms with Gasteiger partial charge in [-0.15, -0.1) is 0 Å². The van der Waals surface area contributed by atoms with Crippen LogP contribution < -0.4 is 0 Å². The Morgan fingerprint density at radius 2 is 1.87 bits per heavy atom. The molecular weight excluding hydrogens is 529 g/mol. The number of aliphatic hydroxyl groups excluding tert-OH is 3. The molecule has 1 aromatic rings. The molecule has 2 aliphatic heterocycles. The molecule has 3 aliphatic rings. The Balaban J connectivity index is 1.77. The molecule has 1 fully saturated rings. The van der Waals surface area contributed by atoms with E-state index in [1.165, 1.54) is 18.8 Å². The van der Waals surface area contributed by atoms with E-state index in [-0.39, 0.29) is 5.56 Å². The first-order chi connectivity index (χ1) is 17.9. The maximum atomic E-state index is 12.9. The molecule has 38 heavy (non-hydrogen) atoms. The second-order valence-electron chi connectivity index (χ2n) is 9.32. The van der Waals surface area contributed by atoms with Gasteiger partial charge in [0.1, 0.15) is 54.7 Å². The number of ether oxygens (including phenoxy) is 3. The van der Waals surface area contributed by atoms with E-state index < -0.39 is 57.5 Å². The Bertz CT molecular complexity index is 1250. The van der Waals surface area contributed by atoms with Crippen LogP contribution in [0, 0.1) is 0 Å². The zero-order valence-corrected chi connectivity index (χ0v) is 21.2. The summed E-state index contributed by atoms with van der Waals surface area (Å²) in [5.41, 5.74) is 0.429. The molecule has 208 valence electrons. The van der Waals surface area contributed by atoms with Crippen LogP contribution >= 0.6 is 0 Å². The van der Waals surface area contributed by atoms with E-state index in [9.17, 15) is 36.9 Å². The predicted molar refractivity (Wildman–Crippen MR) is 130 cm³/mol. The molecule has 8 nitrogen and oxygen atoms in total. The van der Waals surface area contributed by atoms with Gasteiger partial charge < -0.3 is 29.5 Å². The summed E-state index contributed by atoms with van der Waals surface area (Å²) in [6.07, 6.45) is -0.577. The molecule has 0 spiro atoms. The van der Waals surface area contributed by atoms with Crippen LogP contribution in [0.2, 0.25) is 0 Å². The molecule has 4 rings (SSSR count). The fourth-order valence-corrected chi connectivity index (χ4v) is 6.41. The largest absolute Gasteiger partial charge is 0.466 e. The van der Waals surface area contributed by atoms with Gasteiger partial charge in [-0.25, -0.2) is 8.42 Å². The third-order valence-corrected chi connectivity index (χ3v) is 8.53. The molecule has 12 heteroatoms. The van der Waals surface area contributed by atoms with Gasteiger partial charge >= 0.3 is 6.18 Å². The van der Waals surface area contributed by atoms with Gasteiger partial charge in [-0.05, 0) is 36.0 Å². The SMILES string of the molecule is CCc1ccc([C@@H]2OC(S(=O)(=O)CC(F)(F)F)[C@@H](O)[C@H](O)[C@H]2O)cc1C(C1=CC=CCC1)C1=COC=CO1. The Kier molecular flexibility index (Phi) is 8.38. The van der Waals surface area contributed by atoms with E-state index in [4.69, 9.17) is 14.2 Å². The number of allylic oxidation sites excluding steroid dienone is 4. The van der Waals surface area contributed by atoms with Gasteiger partial charge in [0.05, 0.1) is 5.92 Å². The fourth-order valence-electron chi connectivity index (χ4n) is 4.92. The van der Waals surface area contributed by atoms with Gasteiger partial charge in [-0.2, -0.15) is 13.2 Å². The Labute approximate surface area is 218 Å². The highest BCUT2D eigenvalue weighted by Crippen LogP contribution is 2.42. The standard InChI is InChI=1S/C26H29F3O8S/c1-2-15-8-9-17(12-18(15)20(16-6-4-3-5-7-16)19-13-35-10-11-36-19)24-22(31)21(30)23(32)25(37-24)38(33,34)14-26(27,28)29/h3-4,6,8-13,20-25,30-32H,2,5,7,14H2,1H3/t20?,21-,22-,23+,24+,25?/m1/s1. The third kappa shape index (κ3) is 5.99. The van der Waals surface area contributed by atoms with Crippen molar-refractivity contribution in [3.8, 4) is 0 Å². The Morgan fingerprint density at radius 3 is 2.47 bits per heavy atom. The van der Waals surface area contributed by atoms with E-state index in [1.54, 1.807) is 18.2 Å². The van der Waals surface area contributed by atoms with Gasteiger partial charge in [0.15, 0.2) is 15.3 Å². The van der Waals surface area contributed by atoms with E-state index in [0.717, 1.165) is 23.1 Å². The van der Waals surface area contributed by atoms with Crippen molar-refractivity contribution in [2.45, 2.75) is 68.1 Å². The minimum absolute atomic E-state index is 0.215. The van der Waals surface area contributed by atoms with Crippen molar-refractivity contribution in [1.29, 1.82) is 0 Å². The average molecular weight is 559 g/mol. The summed E-state index contributed by atoms with van der Waals surface area (Å²) >= 11 is 0. The van der Waals surface area contributed by atoms with E-state index in [0.29, 0.717) is 18.6 Å². The van der Waals surface area contributed by atoms with Crippen molar-refractivity contribution in [1.82, 2.24) is 0 Å². The Morgan fingerprint density at radius 1 is 1.11 bits per heavy atom. The summed E-state index contributed by atoms with van der Waals surface area (Å²) in [4.78, 5) is 0.